The largest absolute Gasteiger partial charge is 0.341 e. The van der Waals surface area contributed by atoms with Gasteiger partial charge >= 0.3 is 0 Å². The van der Waals surface area contributed by atoms with E-state index in [-0.39, 0.29) is 16.1 Å². The molecule has 104 valence electrons. The van der Waals surface area contributed by atoms with Crippen molar-refractivity contribution < 1.29 is 4.79 Å². The summed E-state index contributed by atoms with van der Waals surface area (Å²) in [6, 6.07) is 7.24. The first-order valence-corrected chi connectivity index (χ1v) is 6.80. The van der Waals surface area contributed by atoms with Gasteiger partial charge in [0.1, 0.15) is 5.15 Å². The Morgan fingerprint density at radius 2 is 2.10 bits per heavy atom. The Morgan fingerprint density at radius 1 is 1.30 bits per heavy atom. The molecule has 2 aromatic rings. The van der Waals surface area contributed by atoms with Crippen LogP contribution < -0.4 is 0 Å². The molecule has 0 aliphatic heterocycles. The molecule has 0 aliphatic rings. The maximum atomic E-state index is 12.2. The summed E-state index contributed by atoms with van der Waals surface area (Å²) in [5.41, 5.74) is 1.36. The molecule has 20 heavy (non-hydrogen) atoms. The summed E-state index contributed by atoms with van der Waals surface area (Å²) in [4.78, 5) is 21.9. The highest BCUT2D eigenvalue weighted by Gasteiger charge is 2.13. The van der Waals surface area contributed by atoms with Crippen LogP contribution in [0.2, 0.25) is 10.2 Å². The molecule has 0 aromatic carbocycles. The number of amides is 1. The summed E-state index contributed by atoms with van der Waals surface area (Å²) in [5.74, 6) is -0.146. The fraction of sp³-hybridized carbons (Fsp3) is 0.214. The Bertz CT molecular complexity index is 605. The third kappa shape index (κ3) is 3.68. The van der Waals surface area contributed by atoms with E-state index in [1.165, 1.54) is 12.3 Å². The van der Waals surface area contributed by atoms with E-state index < -0.39 is 0 Å². The van der Waals surface area contributed by atoms with Crippen molar-refractivity contribution in [3.8, 4) is 0 Å². The van der Waals surface area contributed by atoms with Crippen LogP contribution in [0.3, 0.4) is 0 Å². The van der Waals surface area contributed by atoms with Gasteiger partial charge in [-0.15, -0.1) is 0 Å². The van der Waals surface area contributed by atoms with E-state index in [4.69, 9.17) is 23.2 Å². The number of carbonyl (C=O) groups is 1. The van der Waals surface area contributed by atoms with E-state index in [2.05, 4.69) is 9.97 Å². The highest BCUT2D eigenvalue weighted by atomic mass is 35.5. The topological polar surface area (TPSA) is 46.1 Å². The molecule has 1 amide bonds. The zero-order valence-corrected chi connectivity index (χ0v) is 12.4. The SMILES string of the molecule is CN(CCc1ccccn1)C(=O)c1cnc(Cl)c(Cl)c1. The maximum Gasteiger partial charge on any atom is 0.255 e. The van der Waals surface area contributed by atoms with Crippen molar-refractivity contribution in [1.82, 2.24) is 14.9 Å². The normalized spacial score (nSPS) is 10.3. The first-order chi connectivity index (χ1) is 9.58. The zero-order chi connectivity index (χ0) is 14.5. The van der Waals surface area contributed by atoms with Crippen molar-refractivity contribution in [3.63, 3.8) is 0 Å². The van der Waals surface area contributed by atoms with Crippen LogP contribution >= 0.6 is 23.2 Å². The Hall–Kier alpha value is -1.65. The molecule has 6 heteroatoms. The monoisotopic (exact) mass is 309 g/mol. The molecule has 0 aliphatic carbocycles. The van der Waals surface area contributed by atoms with Crippen molar-refractivity contribution in [1.29, 1.82) is 0 Å². The van der Waals surface area contributed by atoms with Gasteiger partial charge in [0, 0.05) is 38.1 Å². The zero-order valence-electron chi connectivity index (χ0n) is 10.9. The molecule has 0 bridgehead atoms. The van der Waals surface area contributed by atoms with E-state index >= 15 is 0 Å². The van der Waals surface area contributed by atoms with E-state index in [1.807, 2.05) is 18.2 Å². The molecule has 0 N–H and O–H groups in total. The van der Waals surface area contributed by atoms with Gasteiger partial charge in [0.15, 0.2) is 0 Å². The first-order valence-electron chi connectivity index (χ1n) is 6.04. The van der Waals surface area contributed by atoms with Crippen molar-refractivity contribution in [2.45, 2.75) is 6.42 Å². The third-order valence-corrected chi connectivity index (χ3v) is 3.51. The number of rotatable bonds is 4. The summed E-state index contributed by atoms with van der Waals surface area (Å²) < 4.78 is 0. The molecule has 2 aromatic heterocycles. The van der Waals surface area contributed by atoms with Gasteiger partial charge in [-0.05, 0) is 18.2 Å². The van der Waals surface area contributed by atoms with E-state index in [0.29, 0.717) is 18.5 Å². The van der Waals surface area contributed by atoms with Crippen LogP contribution in [0.25, 0.3) is 0 Å². The van der Waals surface area contributed by atoms with Crippen LogP contribution in [0.15, 0.2) is 36.7 Å². The standard InChI is InChI=1S/C14H13Cl2N3O/c1-19(7-5-11-4-2-3-6-17-11)14(20)10-8-12(15)13(16)18-9-10/h2-4,6,8-9H,5,7H2,1H3. The predicted molar refractivity (Wildman–Crippen MR) is 79.2 cm³/mol. The van der Waals surface area contributed by atoms with Crippen LogP contribution in [0, 0.1) is 0 Å². The average Bonchev–Trinajstić information content (AvgIpc) is 2.48. The minimum atomic E-state index is -0.146. The fourth-order valence-electron chi connectivity index (χ4n) is 1.69. The second-order valence-electron chi connectivity index (χ2n) is 4.29. The summed E-state index contributed by atoms with van der Waals surface area (Å²) in [5, 5.41) is 0.468. The summed E-state index contributed by atoms with van der Waals surface area (Å²) >= 11 is 11.6. The minimum Gasteiger partial charge on any atom is -0.341 e. The highest BCUT2D eigenvalue weighted by Crippen LogP contribution is 2.20. The van der Waals surface area contributed by atoms with E-state index in [1.54, 1.807) is 18.1 Å². The molecule has 0 spiro atoms. The van der Waals surface area contributed by atoms with Crippen LogP contribution in [-0.2, 0) is 6.42 Å². The molecule has 4 nitrogen and oxygen atoms in total. The Labute approximate surface area is 127 Å². The van der Waals surface area contributed by atoms with Crippen LogP contribution in [0.5, 0.6) is 0 Å². The molecular formula is C14H13Cl2N3O. The predicted octanol–water partition coefficient (Wildman–Crippen LogP) is 3.10. The molecule has 0 radical (unpaired) electrons. The third-order valence-electron chi connectivity index (χ3n) is 2.82. The fourth-order valence-corrected chi connectivity index (χ4v) is 1.96. The van der Waals surface area contributed by atoms with Crippen LogP contribution in [0.1, 0.15) is 16.1 Å². The molecule has 2 rings (SSSR count). The van der Waals surface area contributed by atoms with E-state index in [0.717, 1.165) is 5.69 Å². The maximum absolute atomic E-state index is 12.2. The van der Waals surface area contributed by atoms with Crippen molar-refractivity contribution in [2.24, 2.45) is 0 Å². The number of aromatic nitrogens is 2. The quantitative estimate of drug-likeness (QED) is 0.815. The lowest BCUT2D eigenvalue weighted by Gasteiger charge is -2.17. The number of carbonyl (C=O) groups excluding carboxylic acids is 1. The lowest BCUT2D eigenvalue weighted by Crippen LogP contribution is -2.29. The van der Waals surface area contributed by atoms with E-state index in [9.17, 15) is 4.79 Å². The first kappa shape index (κ1) is 14.8. The second-order valence-corrected chi connectivity index (χ2v) is 5.06. The number of pyridine rings is 2. The van der Waals surface area contributed by atoms with Gasteiger partial charge < -0.3 is 4.90 Å². The lowest BCUT2D eigenvalue weighted by atomic mass is 10.2. The second kappa shape index (κ2) is 6.68. The number of halogens is 2. The Kier molecular flexibility index (Phi) is 4.93. The minimum absolute atomic E-state index is 0.146. The molecule has 2 heterocycles. The van der Waals surface area contributed by atoms with Crippen molar-refractivity contribution >= 4 is 29.1 Å². The number of hydrogen-bond acceptors (Lipinski definition) is 3. The van der Waals surface area contributed by atoms with Gasteiger partial charge in [0.05, 0.1) is 10.6 Å². The molecule has 0 atom stereocenters. The van der Waals surface area contributed by atoms with Gasteiger partial charge in [-0.2, -0.15) is 0 Å². The van der Waals surface area contributed by atoms with Crippen molar-refractivity contribution in [2.75, 3.05) is 13.6 Å². The van der Waals surface area contributed by atoms with Gasteiger partial charge in [-0.1, -0.05) is 29.3 Å². The Balaban J connectivity index is 1.99. The summed E-state index contributed by atoms with van der Waals surface area (Å²) in [6.07, 6.45) is 3.85. The molecular weight excluding hydrogens is 297 g/mol. The van der Waals surface area contributed by atoms with Gasteiger partial charge in [-0.3, -0.25) is 9.78 Å². The average molecular weight is 310 g/mol. The number of hydrogen-bond donors (Lipinski definition) is 0. The van der Waals surface area contributed by atoms with Gasteiger partial charge in [0.2, 0.25) is 0 Å². The van der Waals surface area contributed by atoms with Crippen LogP contribution in [-0.4, -0.2) is 34.4 Å². The molecule has 0 fully saturated rings. The number of nitrogens with zero attached hydrogens (tertiary/aromatic N) is 3. The molecule has 0 unspecified atom stereocenters. The van der Waals surface area contributed by atoms with Gasteiger partial charge in [0.25, 0.3) is 5.91 Å². The molecule has 0 saturated heterocycles. The Morgan fingerprint density at radius 3 is 2.75 bits per heavy atom. The summed E-state index contributed by atoms with van der Waals surface area (Å²) in [6.45, 7) is 0.566. The highest BCUT2D eigenvalue weighted by molar-refractivity contribution is 6.41. The number of likely N-dealkylation sites (N-methyl/N-ethyl adjacent to an activating group) is 1. The smallest absolute Gasteiger partial charge is 0.255 e. The lowest BCUT2D eigenvalue weighted by molar-refractivity contribution is 0.0796. The van der Waals surface area contributed by atoms with Crippen molar-refractivity contribution in [3.05, 3.63) is 58.1 Å². The summed E-state index contributed by atoms with van der Waals surface area (Å²) in [7, 11) is 1.73. The van der Waals surface area contributed by atoms with Gasteiger partial charge in [-0.25, -0.2) is 4.98 Å². The van der Waals surface area contributed by atoms with Crippen LogP contribution in [0.4, 0.5) is 0 Å². The molecule has 0 saturated carbocycles.